The van der Waals surface area contributed by atoms with E-state index in [0.29, 0.717) is 0 Å². The molecule has 0 N–H and O–H groups in total. The van der Waals surface area contributed by atoms with Gasteiger partial charge in [0.05, 0.1) is 10.4 Å². The molecule has 0 aliphatic carbocycles. The molecular weight excluding hydrogens is 687 g/mol. The average Bonchev–Trinajstić information content (AvgIpc) is 3.83. The first-order valence-corrected chi connectivity index (χ1v) is 19.5. The predicted octanol–water partition coefficient (Wildman–Crippen LogP) is 15.6. The highest BCUT2D eigenvalue weighted by Gasteiger charge is 2.22. The van der Waals surface area contributed by atoms with Crippen LogP contribution in [-0.2, 0) is 0 Å². The van der Waals surface area contributed by atoms with Crippen LogP contribution in [0.5, 0.6) is 0 Å². The van der Waals surface area contributed by atoms with Crippen molar-refractivity contribution < 1.29 is 4.42 Å². The van der Waals surface area contributed by atoms with Gasteiger partial charge in [-0.05, 0) is 80.6 Å². The number of hydrogen-bond donors (Lipinski definition) is 0. The summed E-state index contributed by atoms with van der Waals surface area (Å²) in [5, 5.41) is 7.27. The molecule has 0 aliphatic rings. The van der Waals surface area contributed by atoms with E-state index in [4.69, 9.17) is 4.42 Å². The van der Waals surface area contributed by atoms with Gasteiger partial charge in [0, 0.05) is 43.7 Å². The van der Waals surface area contributed by atoms with Crippen molar-refractivity contribution in [2.24, 2.45) is 0 Å². The molecule has 0 unspecified atom stereocenters. The molecule has 9 aromatic carbocycles. The van der Waals surface area contributed by atoms with Gasteiger partial charge in [0.1, 0.15) is 11.2 Å². The van der Waals surface area contributed by atoms with Crippen molar-refractivity contribution in [3.63, 3.8) is 0 Å². The first kappa shape index (κ1) is 31.6. The van der Waals surface area contributed by atoms with E-state index in [1.165, 1.54) is 64.3 Å². The lowest BCUT2D eigenvalue weighted by atomic mass is 9.95. The lowest BCUT2D eigenvalue weighted by Crippen LogP contribution is -2.10. The number of nitrogens with zero attached hydrogens (tertiary/aromatic N) is 1. The summed E-state index contributed by atoms with van der Waals surface area (Å²) < 4.78 is 9.00. The number of fused-ring (bicyclic) bond motifs is 7. The van der Waals surface area contributed by atoms with E-state index in [1.807, 2.05) is 23.5 Å². The van der Waals surface area contributed by atoms with Crippen molar-refractivity contribution in [2.75, 3.05) is 4.90 Å². The Bertz CT molecular complexity index is 3190. The van der Waals surface area contributed by atoms with Gasteiger partial charge in [-0.3, -0.25) is 0 Å². The second-order valence-electron chi connectivity index (χ2n) is 14.0. The van der Waals surface area contributed by atoms with E-state index in [2.05, 4.69) is 193 Å². The molecule has 11 aromatic rings. The van der Waals surface area contributed by atoms with Gasteiger partial charge < -0.3 is 9.32 Å². The Hall–Kier alpha value is -6.94. The zero-order valence-corrected chi connectivity index (χ0v) is 30.6. The van der Waals surface area contributed by atoms with E-state index < -0.39 is 0 Å². The lowest BCUT2D eigenvalue weighted by molar-refractivity contribution is 0.669. The zero-order chi connectivity index (χ0) is 36.3. The Morgan fingerprint density at radius 3 is 1.78 bits per heavy atom. The van der Waals surface area contributed by atoms with Crippen LogP contribution in [0.1, 0.15) is 0 Å². The molecule has 258 valence electrons. The molecular formula is C52H33NOS. The Kier molecular flexibility index (Phi) is 7.39. The third-order valence-corrected chi connectivity index (χ3v) is 12.1. The van der Waals surface area contributed by atoms with Gasteiger partial charge in [0.25, 0.3) is 0 Å². The summed E-state index contributed by atoms with van der Waals surface area (Å²) in [4.78, 5) is 2.40. The summed E-state index contributed by atoms with van der Waals surface area (Å²) in [6, 6.07) is 72.1. The molecule has 0 saturated heterocycles. The topological polar surface area (TPSA) is 16.4 Å². The SMILES string of the molecule is c1ccc(-c2ccc(-c3ccccc3)c3c2sc2c(N(c4ccc(-c5cccc6ccccc56)cc4)c4ccc5c(c4)oc4ccccc45)cccc23)cc1. The van der Waals surface area contributed by atoms with Gasteiger partial charge in [0.2, 0.25) is 0 Å². The summed E-state index contributed by atoms with van der Waals surface area (Å²) in [6.07, 6.45) is 0. The van der Waals surface area contributed by atoms with E-state index >= 15 is 0 Å². The molecule has 2 aromatic heterocycles. The summed E-state index contributed by atoms with van der Waals surface area (Å²) in [6.45, 7) is 0. The van der Waals surface area contributed by atoms with Crippen LogP contribution in [0.25, 0.3) is 86.3 Å². The largest absolute Gasteiger partial charge is 0.456 e. The summed E-state index contributed by atoms with van der Waals surface area (Å²) in [5.74, 6) is 0. The first-order chi connectivity index (χ1) is 27.3. The standard InChI is InChI=1S/C52H33NOS/c1-3-13-35(14-4-1)42-31-32-43(36-15-5-2-6-16-36)52-50(42)46-22-12-23-47(51(46)55-52)53(39-29-30-45-44-20-9-10-24-48(44)54-49(45)33-39)38-27-25-37(26-28-38)41-21-11-18-34-17-7-8-19-40(34)41/h1-33H. The number of rotatable bonds is 6. The minimum atomic E-state index is 0.873. The molecule has 0 atom stereocenters. The average molecular weight is 720 g/mol. The number of thiophene rings is 1. The number of para-hydroxylation sites is 1. The van der Waals surface area contributed by atoms with E-state index in [0.717, 1.165) is 39.0 Å². The van der Waals surface area contributed by atoms with Crippen molar-refractivity contribution in [1.29, 1.82) is 0 Å². The third kappa shape index (κ3) is 5.24. The van der Waals surface area contributed by atoms with Crippen LogP contribution in [-0.4, -0.2) is 0 Å². The van der Waals surface area contributed by atoms with E-state index in [9.17, 15) is 0 Å². The van der Waals surface area contributed by atoms with Gasteiger partial charge in [-0.15, -0.1) is 11.3 Å². The molecule has 0 aliphatic heterocycles. The maximum absolute atomic E-state index is 6.47. The van der Waals surface area contributed by atoms with E-state index in [1.54, 1.807) is 0 Å². The fraction of sp³-hybridized carbons (Fsp3) is 0. The summed E-state index contributed by atoms with van der Waals surface area (Å²) in [7, 11) is 0. The number of hydrogen-bond acceptors (Lipinski definition) is 3. The number of benzene rings is 9. The third-order valence-electron chi connectivity index (χ3n) is 10.9. The molecule has 0 bridgehead atoms. The van der Waals surface area contributed by atoms with Crippen molar-refractivity contribution >= 4 is 81.3 Å². The number of furan rings is 1. The smallest absolute Gasteiger partial charge is 0.137 e. The Balaban J connectivity index is 1.16. The van der Waals surface area contributed by atoms with Crippen LogP contribution in [0.3, 0.4) is 0 Å². The van der Waals surface area contributed by atoms with E-state index in [-0.39, 0.29) is 0 Å². The van der Waals surface area contributed by atoms with Crippen LogP contribution >= 0.6 is 11.3 Å². The van der Waals surface area contributed by atoms with Gasteiger partial charge in [-0.2, -0.15) is 0 Å². The highest BCUT2D eigenvalue weighted by atomic mass is 32.1. The maximum Gasteiger partial charge on any atom is 0.137 e. The van der Waals surface area contributed by atoms with Gasteiger partial charge in [-0.25, -0.2) is 0 Å². The highest BCUT2D eigenvalue weighted by molar-refractivity contribution is 7.27. The Labute approximate surface area is 322 Å². The quantitative estimate of drug-likeness (QED) is 0.170. The first-order valence-electron chi connectivity index (χ1n) is 18.7. The van der Waals surface area contributed by atoms with Crippen LogP contribution in [0, 0.1) is 0 Å². The molecule has 0 amide bonds. The molecule has 2 nitrogen and oxygen atoms in total. The van der Waals surface area contributed by atoms with Crippen molar-refractivity contribution in [3.8, 4) is 33.4 Å². The molecule has 0 saturated carbocycles. The fourth-order valence-corrected chi connectivity index (χ4v) is 9.68. The minimum Gasteiger partial charge on any atom is -0.456 e. The normalized spacial score (nSPS) is 11.6. The molecule has 3 heteroatoms. The van der Waals surface area contributed by atoms with Crippen LogP contribution in [0.4, 0.5) is 17.1 Å². The molecule has 0 radical (unpaired) electrons. The van der Waals surface area contributed by atoms with Crippen LogP contribution in [0.15, 0.2) is 205 Å². The fourth-order valence-electron chi connectivity index (χ4n) is 8.31. The lowest BCUT2D eigenvalue weighted by Gasteiger charge is -2.26. The van der Waals surface area contributed by atoms with Gasteiger partial charge in [-0.1, -0.05) is 158 Å². The molecule has 11 rings (SSSR count). The summed E-state index contributed by atoms with van der Waals surface area (Å²) >= 11 is 1.88. The van der Waals surface area contributed by atoms with Crippen molar-refractivity contribution in [2.45, 2.75) is 0 Å². The molecule has 0 spiro atoms. The zero-order valence-electron chi connectivity index (χ0n) is 29.8. The second kappa shape index (κ2) is 12.9. The van der Waals surface area contributed by atoms with Gasteiger partial charge >= 0.3 is 0 Å². The monoisotopic (exact) mass is 719 g/mol. The second-order valence-corrected chi connectivity index (χ2v) is 15.1. The number of anilines is 3. The minimum absolute atomic E-state index is 0.873. The molecule has 2 heterocycles. The Morgan fingerprint density at radius 1 is 0.364 bits per heavy atom. The van der Waals surface area contributed by atoms with Crippen molar-refractivity contribution in [3.05, 3.63) is 200 Å². The predicted molar refractivity (Wildman–Crippen MR) is 235 cm³/mol. The molecule has 0 fully saturated rings. The van der Waals surface area contributed by atoms with Crippen LogP contribution in [0.2, 0.25) is 0 Å². The van der Waals surface area contributed by atoms with Crippen molar-refractivity contribution in [1.82, 2.24) is 0 Å². The van der Waals surface area contributed by atoms with Gasteiger partial charge in [0.15, 0.2) is 0 Å². The van der Waals surface area contributed by atoms with Crippen LogP contribution < -0.4 is 4.90 Å². The molecule has 55 heavy (non-hydrogen) atoms. The Morgan fingerprint density at radius 2 is 0.964 bits per heavy atom. The summed E-state index contributed by atoms with van der Waals surface area (Å²) in [5.41, 5.74) is 12.4. The maximum atomic E-state index is 6.47. The highest BCUT2D eigenvalue weighted by Crippen LogP contribution is 2.50.